The molecule has 5 heteroatoms. The summed E-state index contributed by atoms with van der Waals surface area (Å²) in [5.41, 5.74) is 5.92. The number of halogens is 1. The monoisotopic (exact) mass is 224 g/mol. The number of β-amino-alcohol motifs (C(OH)–C–C–N with tert-alkyl or cyclic N) is 1. The first-order valence-corrected chi connectivity index (χ1v) is 5.09. The highest BCUT2D eigenvalue weighted by atomic mass is 19.1. The lowest BCUT2D eigenvalue weighted by Gasteiger charge is -2.15. The van der Waals surface area contributed by atoms with Crippen molar-refractivity contribution in [2.75, 3.05) is 18.8 Å². The second-order valence-corrected chi connectivity index (χ2v) is 3.97. The lowest BCUT2D eigenvalue weighted by molar-refractivity contribution is 0.0764. The van der Waals surface area contributed by atoms with Gasteiger partial charge in [-0.05, 0) is 24.6 Å². The number of carbonyl (C=O) groups is 1. The molecular weight excluding hydrogens is 211 g/mol. The van der Waals surface area contributed by atoms with Gasteiger partial charge in [0.2, 0.25) is 0 Å². The minimum absolute atomic E-state index is 0.225. The van der Waals surface area contributed by atoms with Crippen molar-refractivity contribution < 1.29 is 14.3 Å². The molecule has 1 saturated heterocycles. The maximum atomic E-state index is 13.1. The Labute approximate surface area is 92.5 Å². The third-order valence-corrected chi connectivity index (χ3v) is 2.62. The van der Waals surface area contributed by atoms with Gasteiger partial charge in [-0.3, -0.25) is 4.79 Å². The number of aliphatic hydroxyl groups excluding tert-OH is 1. The average Bonchev–Trinajstić information content (AvgIpc) is 2.62. The third kappa shape index (κ3) is 2.14. The van der Waals surface area contributed by atoms with E-state index in [9.17, 15) is 14.3 Å². The summed E-state index contributed by atoms with van der Waals surface area (Å²) >= 11 is 0. The predicted molar refractivity (Wildman–Crippen MR) is 57.3 cm³/mol. The lowest BCUT2D eigenvalue weighted by atomic mass is 10.1. The predicted octanol–water partition coefficient (Wildman–Crippen LogP) is 0.615. The number of benzene rings is 1. The minimum Gasteiger partial charge on any atom is -0.399 e. The molecule has 86 valence electrons. The molecule has 2 rings (SSSR count). The molecule has 1 amide bonds. The third-order valence-electron chi connectivity index (χ3n) is 2.62. The van der Waals surface area contributed by atoms with Crippen LogP contribution in [0.5, 0.6) is 0 Å². The summed E-state index contributed by atoms with van der Waals surface area (Å²) in [7, 11) is 0. The highest BCUT2D eigenvalue weighted by Crippen LogP contribution is 2.16. The van der Waals surface area contributed by atoms with Crippen LogP contribution in [0.2, 0.25) is 0 Å². The number of amides is 1. The summed E-state index contributed by atoms with van der Waals surface area (Å²) in [4.78, 5) is 13.4. The zero-order valence-corrected chi connectivity index (χ0v) is 8.69. The molecule has 1 atom stereocenters. The molecule has 0 spiro atoms. The van der Waals surface area contributed by atoms with Gasteiger partial charge in [0.25, 0.3) is 5.91 Å². The zero-order chi connectivity index (χ0) is 11.7. The van der Waals surface area contributed by atoms with E-state index in [1.165, 1.54) is 11.0 Å². The number of rotatable bonds is 1. The molecule has 1 aliphatic heterocycles. The van der Waals surface area contributed by atoms with E-state index in [1.807, 2.05) is 0 Å². The molecule has 1 unspecified atom stereocenters. The van der Waals surface area contributed by atoms with Gasteiger partial charge in [0, 0.05) is 24.3 Å². The van der Waals surface area contributed by atoms with Gasteiger partial charge in [-0.1, -0.05) is 0 Å². The molecule has 3 N–H and O–H groups in total. The van der Waals surface area contributed by atoms with Gasteiger partial charge in [0.1, 0.15) is 5.82 Å². The first-order valence-electron chi connectivity index (χ1n) is 5.09. The van der Waals surface area contributed by atoms with Crippen LogP contribution in [0, 0.1) is 5.82 Å². The molecule has 4 nitrogen and oxygen atoms in total. The Hall–Kier alpha value is -1.62. The van der Waals surface area contributed by atoms with Crippen LogP contribution in [0.3, 0.4) is 0 Å². The number of nitrogens with two attached hydrogens (primary N) is 1. The SMILES string of the molecule is Nc1cc(F)cc(C(=O)N2CCC(O)C2)c1. The smallest absolute Gasteiger partial charge is 0.254 e. The van der Waals surface area contributed by atoms with Gasteiger partial charge in [-0.15, -0.1) is 0 Å². The van der Waals surface area contributed by atoms with Crippen LogP contribution in [0.15, 0.2) is 18.2 Å². The van der Waals surface area contributed by atoms with Crippen molar-refractivity contribution in [3.63, 3.8) is 0 Å². The first-order chi connectivity index (χ1) is 7.56. The Morgan fingerprint density at radius 2 is 2.25 bits per heavy atom. The number of likely N-dealkylation sites (tertiary alicyclic amines) is 1. The number of aliphatic hydroxyl groups is 1. The maximum Gasteiger partial charge on any atom is 0.254 e. The van der Waals surface area contributed by atoms with Crippen molar-refractivity contribution in [2.24, 2.45) is 0 Å². The van der Waals surface area contributed by atoms with E-state index in [0.717, 1.165) is 12.1 Å². The summed E-state index contributed by atoms with van der Waals surface area (Å²) in [6.45, 7) is 0.797. The standard InChI is InChI=1S/C11H13FN2O2/c12-8-3-7(4-9(13)5-8)11(16)14-2-1-10(15)6-14/h3-5,10,15H,1-2,6,13H2. The number of nitrogen functional groups attached to an aromatic ring is 1. The van der Waals surface area contributed by atoms with Crippen molar-refractivity contribution in [3.8, 4) is 0 Å². The van der Waals surface area contributed by atoms with Crippen LogP contribution in [0.1, 0.15) is 16.8 Å². The van der Waals surface area contributed by atoms with Crippen LogP contribution in [0.4, 0.5) is 10.1 Å². The highest BCUT2D eigenvalue weighted by Gasteiger charge is 2.25. The largest absolute Gasteiger partial charge is 0.399 e. The van der Waals surface area contributed by atoms with Crippen molar-refractivity contribution in [1.82, 2.24) is 4.90 Å². The number of hydrogen-bond donors (Lipinski definition) is 2. The molecule has 0 aromatic heterocycles. The normalized spacial score (nSPS) is 20.1. The van der Waals surface area contributed by atoms with Gasteiger partial charge in [0.05, 0.1) is 6.10 Å². The summed E-state index contributed by atoms with van der Waals surface area (Å²) in [5, 5.41) is 9.31. The summed E-state index contributed by atoms with van der Waals surface area (Å²) < 4.78 is 13.1. The van der Waals surface area contributed by atoms with Crippen molar-refractivity contribution >= 4 is 11.6 Å². The summed E-state index contributed by atoms with van der Waals surface area (Å²) in [5.74, 6) is -0.814. The van der Waals surface area contributed by atoms with Crippen LogP contribution in [-0.4, -0.2) is 35.1 Å². The van der Waals surface area contributed by atoms with Gasteiger partial charge in [0.15, 0.2) is 0 Å². The Balaban J connectivity index is 2.20. The summed E-state index contributed by atoms with van der Waals surface area (Å²) in [6.07, 6.45) is 0.0890. The molecular formula is C11H13FN2O2. The Morgan fingerprint density at radius 1 is 1.50 bits per heavy atom. The second-order valence-electron chi connectivity index (χ2n) is 3.97. The van der Waals surface area contributed by atoms with Crippen molar-refractivity contribution in [2.45, 2.75) is 12.5 Å². The average molecular weight is 224 g/mol. The fraction of sp³-hybridized carbons (Fsp3) is 0.364. The molecule has 0 saturated carbocycles. The second kappa shape index (κ2) is 4.09. The molecule has 1 aromatic carbocycles. The molecule has 1 aliphatic rings. The minimum atomic E-state index is -0.525. The first kappa shape index (κ1) is 10.9. The number of nitrogens with zero attached hydrogens (tertiary/aromatic N) is 1. The zero-order valence-electron chi connectivity index (χ0n) is 8.69. The van der Waals surface area contributed by atoms with E-state index in [2.05, 4.69) is 0 Å². The quantitative estimate of drug-likeness (QED) is 0.687. The van der Waals surface area contributed by atoms with Crippen molar-refractivity contribution in [3.05, 3.63) is 29.6 Å². The lowest BCUT2D eigenvalue weighted by Crippen LogP contribution is -2.29. The van der Waals surface area contributed by atoms with Gasteiger partial charge < -0.3 is 15.7 Å². The van der Waals surface area contributed by atoms with Crippen LogP contribution in [0.25, 0.3) is 0 Å². The number of carbonyl (C=O) groups excluding carboxylic acids is 1. The maximum absolute atomic E-state index is 13.1. The Morgan fingerprint density at radius 3 is 2.81 bits per heavy atom. The Bertz CT molecular complexity index is 402. The van der Waals surface area contributed by atoms with E-state index >= 15 is 0 Å². The summed E-state index contributed by atoms with van der Waals surface area (Å²) in [6, 6.07) is 3.76. The van der Waals surface area contributed by atoms with Gasteiger partial charge in [-0.25, -0.2) is 4.39 Å². The van der Waals surface area contributed by atoms with E-state index in [4.69, 9.17) is 5.73 Å². The van der Waals surface area contributed by atoms with Gasteiger partial charge >= 0.3 is 0 Å². The molecule has 0 radical (unpaired) electrons. The van der Waals surface area contributed by atoms with E-state index in [0.29, 0.717) is 19.5 Å². The van der Waals surface area contributed by atoms with Gasteiger partial charge in [-0.2, -0.15) is 0 Å². The van der Waals surface area contributed by atoms with E-state index < -0.39 is 11.9 Å². The molecule has 1 heterocycles. The Kier molecular flexibility index (Phi) is 2.78. The fourth-order valence-electron chi connectivity index (χ4n) is 1.84. The molecule has 1 aromatic rings. The van der Waals surface area contributed by atoms with Crippen LogP contribution in [-0.2, 0) is 0 Å². The van der Waals surface area contributed by atoms with E-state index in [1.54, 1.807) is 0 Å². The fourth-order valence-corrected chi connectivity index (χ4v) is 1.84. The number of anilines is 1. The van der Waals surface area contributed by atoms with E-state index in [-0.39, 0.29) is 17.2 Å². The molecule has 16 heavy (non-hydrogen) atoms. The molecule has 0 aliphatic carbocycles. The van der Waals surface area contributed by atoms with Crippen LogP contribution >= 0.6 is 0 Å². The highest BCUT2D eigenvalue weighted by molar-refractivity contribution is 5.95. The molecule has 0 bridgehead atoms. The van der Waals surface area contributed by atoms with Crippen LogP contribution < -0.4 is 5.73 Å². The van der Waals surface area contributed by atoms with Crippen molar-refractivity contribution in [1.29, 1.82) is 0 Å². The number of hydrogen-bond acceptors (Lipinski definition) is 3. The topological polar surface area (TPSA) is 66.6 Å². The molecule has 1 fully saturated rings.